The highest BCUT2D eigenvalue weighted by Crippen LogP contribution is 2.38. The van der Waals surface area contributed by atoms with Crippen LogP contribution in [0.15, 0.2) is 47.4 Å². The number of hydrogen-bond donors (Lipinski definition) is 1. The SMILES string of the molecule is C[C@H](NC1CCSc2ccc(Cl)cc21)c1ccc(F)cc1. The van der Waals surface area contributed by atoms with Crippen LogP contribution in [0.5, 0.6) is 0 Å². The van der Waals surface area contributed by atoms with Gasteiger partial charge in [-0.3, -0.25) is 0 Å². The van der Waals surface area contributed by atoms with Crippen LogP contribution in [-0.2, 0) is 0 Å². The monoisotopic (exact) mass is 321 g/mol. The van der Waals surface area contributed by atoms with Gasteiger partial charge in [0.05, 0.1) is 0 Å². The molecule has 0 aliphatic carbocycles. The Morgan fingerprint density at radius 3 is 2.76 bits per heavy atom. The third kappa shape index (κ3) is 3.42. The van der Waals surface area contributed by atoms with E-state index in [0.29, 0.717) is 6.04 Å². The Labute approximate surface area is 133 Å². The molecule has 1 aliphatic rings. The fourth-order valence-electron chi connectivity index (χ4n) is 2.69. The average molecular weight is 322 g/mol. The highest BCUT2D eigenvalue weighted by Gasteiger charge is 2.22. The maximum Gasteiger partial charge on any atom is 0.123 e. The molecule has 0 amide bonds. The van der Waals surface area contributed by atoms with Crippen LogP contribution in [0.25, 0.3) is 0 Å². The van der Waals surface area contributed by atoms with E-state index in [1.165, 1.54) is 22.6 Å². The second-order valence-electron chi connectivity index (χ2n) is 5.31. The number of benzene rings is 2. The Morgan fingerprint density at radius 2 is 2.00 bits per heavy atom. The van der Waals surface area contributed by atoms with Crippen molar-refractivity contribution >= 4 is 23.4 Å². The lowest BCUT2D eigenvalue weighted by atomic mass is 10.0. The van der Waals surface area contributed by atoms with E-state index < -0.39 is 0 Å². The van der Waals surface area contributed by atoms with Crippen LogP contribution in [0.2, 0.25) is 5.02 Å². The molecule has 0 radical (unpaired) electrons. The van der Waals surface area contributed by atoms with Crippen LogP contribution in [0.1, 0.15) is 36.6 Å². The average Bonchev–Trinajstić information content (AvgIpc) is 2.48. The molecular formula is C17H17ClFNS. The van der Waals surface area contributed by atoms with Gasteiger partial charge in [-0.2, -0.15) is 0 Å². The van der Waals surface area contributed by atoms with Gasteiger partial charge in [0.15, 0.2) is 0 Å². The maximum atomic E-state index is 13.0. The Bertz CT molecular complexity index is 629. The molecule has 0 saturated heterocycles. The van der Waals surface area contributed by atoms with E-state index in [1.807, 2.05) is 30.0 Å². The first-order valence-corrected chi connectivity index (χ1v) is 8.43. The van der Waals surface area contributed by atoms with Crippen LogP contribution in [0, 0.1) is 5.82 Å². The van der Waals surface area contributed by atoms with E-state index in [1.54, 1.807) is 0 Å². The summed E-state index contributed by atoms with van der Waals surface area (Å²) in [4.78, 5) is 1.30. The first-order valence-electron chi connectivity index (χ1n) is 7.07. The van der Waals surface area contributed by atoms with E-state index in [4.69, 9.17) is 11.6 Å². The molecule has 1 unspecified atom stereocenters. The smallest absolute Gasteiger partial charge is 0.123 e. The summed E-state index contributed by atoms with van der Waals surface area (Å²) in [5.74, 6) is 0.903. The minimum Gasteiger partial charge on any atom is -0.303 e. The second-order valence-corrected chi connectivity index (χ2v) is 6.88. The molecular weight excluding hydrogens is 305 g/mol. The van der Waals surface area contributed by atoms with Crippen LogP contribution < -0.4 is 5.32 Å². The molecule has 0 bridgehead atoms. The predicted molar refractivity (Wildman–Crippen MR) is 87.5 cm³/mol. The molecule has 2 aromatic carbocycles. The van der Waals surface area contributed by atoms with Gasteiger partial charge in [-0.1, -0.05) is 23.7 Å². The molecule has 4 heteroatoms. The molecule has 110 valence electrons. The molecule has 0 saturated carbocycles. The lowest BCUT2D eigenvalue weighted by Gasteiger charge is -2.29. The minimum absolute atomic E-state index is 0.172. The molecule has 2 atom stereocenters. The molecule has 3 rings (SSSR count). The summed E-state index contributed by atoms with van der Waals surface area (Å²) in [5, 5.41) is 4.42. The topological polar surface area (TPSA) is 12.0 Å². The minimum atomic E-state index is -0.197. The first-order chi connectivity index (χ1) is 10.1. The number of halogens is 2. The number of thioether (sulfide) groups is 1. The Balaban J connectivity index is 1.80. The zero-order valence-electron chi connectivity index (χ0n) is 11.8. The van der Waals surface area contributed by atoms with Crippen molar-refractivity contribution in [1.82, 2.24) is 5.32 Å². The summed E-state index contributed by atoms with van der Waals surface area (Å²) < 4.78 is 13.0. The molecule has 0 fully saturated rings. The molecule has 21 heavy (non-hydrogen) atoms. The summed E-state index contributed by atoms with van der Waals surface area (Å²) in [6, 6.07) is 13.2. The Morgan fingerprint density at radius 1 is 1.24 bits per heavy atom. The van der Waals surface area contributed by atoms with Gasteiger partial charge in [-0.05, 0) is 60.6 Å². The zero-order valence-corrected chi connectivity index (χ0v) is 13.3. The van der Waals surface area contributed by atoms with Crippen molar-refractivity contribution in [3.05, 3.63) is 64.4 Å². The van der Waals surface area contributed by atoms with Crippen LogP contribution >= 0.6 is 23.4 Å². The van der Waals surface area contributed by atoms with Gasteiger partial charge in [0.1, 0.15) is 5.82 Å². The van der Waals surface area contributed by atoms with Gasteiger partial charge < -0.3 is 5.32 Å². The number of rotatable bonds is 3. The summed E-state index contributed by atoms with van der Waals surface area (Å²) in [6.45, 7) is 2.11. The van der Waals surface area contributed by atoms with Crippen molar-refractivity contribution in [3.63, 3.8) is 0 Å². The molecule has 1 aliphatic heterocycles. The van der Waals surface area contributed by atoms with Crippen LogP contribution in [0.4, 0.5) is 4.39 Å². The van der Waals surface area contributed by atoms with E-state index >= 15 is 0 Å². The molecule has 0 aromatic heterocycles. The summed E-state index contributed by atoms with van der Waals surface area (Å²) in [5.41, 5.74) is 2.37. The third-order valence-corrected chi connectivity index (χ3v) is 5.19. The summed E-state index contributed by atoms with van der Waals surface area (Å²) >= 11 is 8.01. The van der Waals surface area contributed by atoms with Gasteiger partial charge in [0.25, 0.3) is 0 Å². The fourth-order valence-corrected chi connectivity index (χ4v) is 3.97. The van der Waals surface area contributed by atoms with Crippen molar-refractivity contribution in [2.75, 3.05) is 5.75 Å². The molecule has 1 nitrogen and oxygen atoms in total. The summed E-state index contributed by atoms with van der Waals surface area (Å²) in [7, 11) is 0. The lowest BCUT2D eigenvalue weighted by Crippen LogP contribution is -2.27. The van der Waals surface area contributed by atoms with Crippen LogP contribution in [-0.4, -0.2) is 5.75 Å². The Hall–Kier alpha value is -1.03. The molecule has 0 spiro atoms. The zero-order chi connectivity index (χ0) is 14.8. The van der Waals surface area contributed by atoms with Crippen molar-refractivity contribution in [1.29, 1.82) is 0 Å². The standard InChI is InChI=1S/C17H17ClFNS/c1-11(12-2-5-14(19)6-3-12)20-16-8-9-21-17-7-4-13(18)10-15(16)17/h2-7,10-11,16,20H,8-9H2,1H3/t11-,16?/m0/s1. The van der Waals surface area contributed by atoms with Crippen LogP contribution in [0.3, 0.4) is 0 Å². The third-order valence-electron chi connectivity index (χ3n) is 3.83. The van der Waals surface area contributed by atoms with E-state index in [9.17, 15) is 4.39 Å². The van der Waals surface area contributed by atoms with E-state index in [2.05, 4.69) is 24.4 Å². The fraction of sp³-hybridized carbons (Fsp3) is 0.294. The van der Waals surface area contributed by atoms with E-state index in [0.717, 1.165) is 22.8 Å². The Kier molecular flexibility index (Phi) is 4.53. The van der Waals surface area contributed by atoms with Crippen molar-refractivity contribution in [2.45, 2.75) is 30.3 Å². The second kappa shape index (κ2) is 6.39. The van der Waals surface area contributed by atoms with Gasteiger partial charge in [-0.25, -0.2) is 4.39 Å². The van der Waals surface area contributed by atoms with Gasteiger partial charge in [0, 0.05) is 22.0 Å². The molecule has 1 N–H and O–H groups in total. The van der Waals surface area contributed by atoms with Crippen molar-refractivity contribution in [2.24, 2.45) is 0 Å². The van der Waals surface area contributed by atoms with Gasteiger partial charge >= 0.3 is 0 Å². The normalized spacial score (nSPS) is 19.1. The highest BCUT2D eigenvalue weighted by atomic mass is 35.5. The predicted octanol–water partition coefficient (Wildman–Crippen LogP) is 5.37. The molecule has 1 heterocycles. The molecule has 2 aromatic rings. The maximum absolute atomic E-state index is 13.0. The first kappa shape index (κ1) is 14.9. The highest BCUT2D eigenvalue weighted by molar-refractivity contribution is 7.99. The summed E-state index contributed by atoms with van der Waals surface area (Å²) in [6.07, 6.45) is 1.07. The largest absolute Gasteiger partial charge is 0.303 e. The van der Waals surface area contributed by atoms with Crippen molar-refractivity contribution in [3.8, 4) is 0 Å². The number of nitrogens with one attached hydrogen (secondary N) is 1. The lowest BCUT2D eigenvalue weighted by molar-refractivity contribution is 0.450. The van der Waals surface area contributed by atoms with Gasteiger partial charge in [0.2, 0.25) is 0 Å². The van der Waals surface area contributed by atoms with E-state index in [-0.39, 0.29) is 11.9 Å². The number of hydrogen-bond acceptors (Lipinski definition) is 2. The van der Waals surface area contributed by atoms with Gasteiger partial charge in [-0.15, -0.1) is 11.8 Å². The quantitative estimate of drug-likeness (QED) is 0.816. The number of fused-ring (bicyclic) bond motifs is 1. The van der Waals surface area contributed by atoms with Crippen molar-refractivity contribution < 1.29 is 4.39 Å².